The fourth-order valence-electron chi connectivity index (χ4n) is 2.07. The first-order chi connectivity index (χ1) is 9.15. The first-order valence-electron chi connectivity index (χ1n) is 6.35. The lowest BCUT2D eigenvalue weighted by atomic mass is 10.0. The van der Waals surface area contributed by atoms with Gasteiger partial charge in [0.15, 0.2) is 11.5 Å². The molecule has 100 valence electrons. The number of ether oxygens (including phenoxy) is 1. The van der Waals surface area contributed by atoms with Crippen molar-refractivity contribution in [2.75, 3.05) is 7.11 Å². The molecule has 0 saturated carbocycles. The van der Waals surface area contributed by atoms with Crippen LogP contribution in [-0.2, 0) is 6.42 Å². The van der Waals surface area contributed by atoms with Gasteiger partial charge in [0.25, 0.3) is 0 Å². The highest BCUT2D eigenvalue weighted by molar-refractivity contribution is 5.70. The highest BCUT2D eigenvalue weighted by atomic mass is 16.5. The molecule has 2 aromatic carbocycles. The van der Waals surface area contributed by atoms with Crippen molar-refractivity contribution in [2.45, 2.75) is 19.8 Å². The normalized spacial score (nSPS) is 10.4. The smallest absolute Gasteiger partial charge is 0.200 e. The van der Waals surface area contributed by atoms with E-state index in [2.05, 4.69) is 19.1 Å². The van der Waals surface area contributed by atoms with Crippen LogP contribution < -0.4 is 4.74 Å². The molecule has 0 spiro atoms. The zero-order chi connectivity index (χ0) is 13.8. The first-order valence-corrected chi connectivity index (χ1v) is 6.35. The van der Waals surface area contributed by atoms with Gasteiger partial charge in [-0.3, -0.25) is 0 Å². The molecule has 0 aliphatic carbocycles. The second-order valence-corrected chi connectivity index (χ2v) is 4.49. The van der Waals surface area contributed by atoms with Crippen molar-refractivity contribution in [3.8, 4) is 28.4 Å². The number of rotatable bonds is 4. The van der Waals surface area contributed by atoms with E-state index in [4.69, 9.17) is 4.74 Å². The van der Waals surface area contributed by atoms with Gasteiger partial charge in [-0.2, -0.15) is 0 Å². The number of methoxy groups -OCH3 is 1. The van der Waals surface area contributed by atoms with Crippen molar-refractivity contribution in [3.05, 3.63) is 42.0 Å². The van der Waals surface area contributed by atoms with Gasteiger partial charge < -0.3 is 14.9 Å². The first kappa shape index (κ1) is 13.3. The van der Waals surface area contributed by atoms with Crippen molar-refractivity contribution in [1.29, 1.82) is 0 Å². The second-order valence-electron chi connectivity index (χ2n) is 4.49. The molecule has 0 radical (unpaired) electrons. The number of aryl methyl sites for hydroxylation is 1. The molecule has 2 rings (SSSR count). The van der Waals surface area contributed by atoms with E-state index in [9.17, 15) is 10.2 Å². The largest absolute Gasteiger partial charge is 0.504 e. The van der Waals surface area contributed by atoms with E-state index in [0.717, 1.165) is 24.0 Å². The lowest BCUT2D eigenvalue weighted by molar-refractivity contribution is 0.351. The minimum absolute atomic E-state index is 0.174. The summed E-state index contributed by atoms with van der Waals surface area (Å²) in [6, 6.07) is 11.4. The molecule has 2 aromatic rings. The molecule has 0 bridgehead atoms. The van der Waals surface area contributed by atoms with Crippen LogP contribution in [0.4, 0.5) is 0 Å². The SMILES string of the molecule is CCCc1ccc(-c2cc(O)c(O)c(OC)c2)cc1. The number of hydrogen-bond donors (Lipinski definition) is 2. The van der Waals surface area contributed by atoms with E-state index in [0.29, 0.717) is 0 Å². The van der Waals surface area contributed by atoms with Gasteiger partial charge >= 0.3 is 0 Å². The Labute approximate surface area is 113 Å². The number of hydrogen-bond acceptors (Lipinski definition) is 3. The lowest BCUT2D eigenvalue weighted by Crippen LogP contribution is -1.87. The summed E-state index contributed by atoms with van der Waals surface area (Å²) in [7, 11) is 1.46. The number of benzene rings is 2. The molecule has 0 unspecified atom stereocenters. The van der Waals surface area contributed by atoms with Crippen LogP contribution in [0.15, 0.2) is 36.4 Å². The summed E-state index contributed by atoms with van der Waals surface area (Å²) in [6.45, 7) is 2.15. The summed E-state index contributed by atoms with van der Waals surface area (Å²) in [6.07, 6.45) is 2.18. The van der Waals surface area contributed by atoms with Gasteiger partial charge in [-0.05, 0) is 35.2 Å². The summed E-state index contributed by atoms with van der Waals surface area (Å²) >= 11 is 0. The van der Waals surface area contributed by atoms with Gasteiger partial charge in [0, 0.05) is 0 Å². The lowest BCUT2D eigenvalue weighted by Gasteiger charge is -2.09. The Balaban J connectivity index is 2.38. The molecule has 0 atom stereocenters. The van der Waals surface area contributed by atoms with Crippen LogP contribution in [0.1, 0.15) is 18.9 Å². The molecule has 3 nitrogen and oxygen atoms in total. The number of aromatic hydroxyl groups is 2. The highest BCUT2D eigenvalue weighted by Crippen LogP contribution is 2.39. The minimum Gasteiger partial charge on any atom is -0.504 e. The van der Waals surface area contributed by atoms with Gasteiger partial charge in [-0.25, -0.2) is 0 Å². The van der Waals surface area contributed by atoms with Gasteiger partial charge in [-0.1, -0.05) is 37.6 Å². The Morgan fingerprint density at radius 1 is 1.00 bits per heavy atom. The van der Waals surface area contributed by atoms with E-state index in [1.807, 2.05) is 12.1 Å². The van der Waals surface area contributed by atoms with Crippen molar-refractivity contribution >= 4 is 0 Å². The molecule has 0 fully saturated rings. The topological polar surface area (TPSA) is 49.7 Å². The Morgan fingerprint density at radius 2 is 1.68 bits per heavy atom. The molecule has 3 heteroatoms. The van der Waals surface area contributed by atoms with E-state index < -0.39 is 0 Å². The van der Waals surface area contributed by atoms with E-state index >= 15 is 0 Å². The summed E-state index contributed by atoms with van der Waals surface area (Å²) < 4.78 is 5.04. The maximum Gasteiger partial charge on any atom is 0.200 e. The van der Waals surface area contributed by atoms with E-state index in [1.165, 1.54) is 18.7 Å². The van der Waals surface area contributed by atoms with Crippen molar-refractivity contribution in [1.82, 2.24) is 0 Å². The van der Waals surface area contributed by atoms with Crippen LogP contribution in [0.2, 0.25) is 0 Å². The summed E-state index contributed by atoms with van der Waals surface area (Å²) in [5.74, 6) is -0.131. The van der Waals surface area contributed by atoms with E-state index in [1.54, 1.807) is 6.07 Å². The maximum absolute atomic E-state index is 9.68. The molecule has 0 heterocycles. The Bertz CT molecular complexity index is 559. The molecular formula is C16H18O3. The fraction of sp³-hybridized carbons (Fsp3) is 0.250. The van der Waals surface area contributed by atoms with Crippen LogP contribution in [0.3, 0.4) is 0 Å². The van der Waals surface area contributed by atoms with Crippen molar-refractivity contribution in [3.63, 3.8) is 0 Å². The number of phenolic OH excluding ortho intramolecular Hbond substituents is 2. The molecule has 2 N–H and O–H groups in total. The molecule has 0 saturated heterocycles. The second kappa shape index (κ2) is 5.65. The Morgan fingerprint density at radius 3 is 2.26 bits per heavy atom. The van der Waals surface area contributed by atoms with Crippen LogP contribution in [0.5, 0.6) is 17.2 Å². The Hall–Kier alpha value is -2.16. The monoisotopic (exact) mass is 258 g/mol. The van der Waals surface area contributed by atoms with Crippen molar-refractivity contribution < 1.29 is 14.9 Å². The Kier molecular flexibility index (Phi) is 3.95. The summed E-state index contributed by atoms with van der Waals surface area (Å²) in [4.78, 5) is 0. The van der Waals surface area contributed by atoms with Crippen LogP contribution in [-0.4, -0.2) is 17.3 Å². The molecule has 0 aliphatic rings. The van der Waals surface area contributed by atoms with Gasteiger partial charge in [0.05, 0.1) is 7.11 Å². The molecule has 0 amide bonds. The zero-order valence-corrected chi connectivity index (χ0v) is 11.2. The van der Waals surface area contributed by atoms with Gasteiger partial charge in [-0.15, -0.1) is 0 Å². The van der Waals surface area contributed by atoms with Crippen molar-refractivity contribution in [2.24, 2.45) is 0 Å². The average Bonchev–Trinajstić information content (AvgIpc) is 2.43. The molecular weight excluding hydrogens is 240 g/mol. The standard InChI is InChI=1S/C16H18O3/c1-3-4-11-5-7-12(8-6-11)13-9-14(17)16(18)15(10-13)19-2/h5-10,17-18H,3-4H2,1-2H3. The average molecular weight is 258 g/mol. The third kappa shape index (κ3) is 2.81. The van der Waals surface area contributed by atoms with E-state index in [-0.39, 0.29) is 17.2 Å². The summed E-state index contributed by atoms with van der Waals surface area (Å²) in [5, 5.41) is 19.3. The number of phenols is 2. The maximum atomic E-state index is 9.68. The third-order valence-electron chi connectivity index (χ3n) is 3.10. The molecule has 19 heavy (non-hydrogen) atoms. The predicted octanol–water partition coefficient (Wildman–Crippen LogP) is 3.73. The van der Waals surface area contributed by atoms with Gasteiger partial charge in [0.1, 0.15) is 0 Å². The van der Waals surface area contributed by atoms with Gasteiger partial charge in [0.2, 0.25) is 5.75 Å². The quantitative estimate of drug-likeness (QED) is 0.822. The molecule has 0 aliphatic heterocycles. The van der Waals surface area contributed by atoms with Crippen LogP contribution >= 0.6 is 0 Å². The zero-order valence-electron chi connectivity index (χ0n) is 11.2. The highest BCUT2D eigenvalue weighted by Gasteiger charge is 2.10. The van der Waals surface area contributed by atoms with Crippen LogP contribution in [0.25, 0.3) is 11.1 Å². The summed E-state index contributed by atoms with van der Waals surface area (Å²) in [5.41, 5.74) is 3.09. The minimum atomic E-state index is -0.228. The van der Waals surface area contributed by atoms with Crippen LogP contribution in [0, 0.1) is 0 Å². The predicted molar refractivity (Wildman–Crippen MR) is 75.8 cm³/mol. The molecule has 0 aromatic heterocycles. The third-order valence-corrected chi connectivity index (χ3v) is 3.10. The fourth-order valence-corrected chi connectivity index (χ4v) is 2.07.